The molecule has 0 aliphatic heterocycles. The molecule has 6 nitrogen and oxygen atoms in total. The van der Waals surface area contributed by atoms with Crippen LogP contribution in [0.3, 0.4) is 0 Å². The van der Waals surface area contributed by atoms with E-state index in [1.54, 1.807) is 6.08 Å². The number of allylic oxidation sites excluding steroid dienone is 1. The van der Waals surface area contributed by atoms with Gasteiger partial charge in [0.05, 0.1) is 55.4 Å². The molecule has 0 fully saturated rings. The predicted molar refractivity (Wildman–Crippen MR) is 261 cm³/mol. The van der Waals surface area contributed by atoms with Crippen LogP contribution in [0.2, 0.25) is 0 Å². The molecule has 0 aromatic rings. The molecule has 0 aromatic heterocycles. The fourth-order valence-electron chi connectivity index (χ4n) is 7.63. The number of carbonyl (C=O) groups excluding carboxylic acids is 2. The van der Waals surface area contributed by atoms with Gasteiger partial charge in [-0.25, -0.2) is 0 Å². The zero-order chi connectivity index (χ0) is 45.4. The van der Waals surface area contributed by atoms with Crippen LogP contribution < -0.4 is 10.2 Å². The van der Waals surface area contributed by atoms with Gasteiger partial charge in [0.25, 0.3) is 0 Å². The number of nitrogens with zero attached hydrogens (tertiary/aromatic N) is 2. The van der Waals surface area contributed by atoms with Crippen molar-refractivity contribution < 1.29 is 28.8 Å². The molecule has 0 radical (unpaired) electrons. The Morgan fingerprint density at radius 1 is 0.383 bits per heavy atom. The molecule has 0 N–H and O–H groups in total. The fourth-order valence-corrected chi connectivity index (χ4v) is 7.63. The van der Waals surface area contributed by atoms with Gasteiger partial charge in [-0.15, -0.1) is 0 Å². The third-order valence-corrected chi connectivity index (χ3v) is 11.6. The van der Waals surface area contributed by atoms with Crippen LogP contribution in [-0.2, 0) is 9.59 Å². The van der Waals surface area contributed by atoms with E-state index in [9.17, 15) is 19.8 Å². The molecule has 0 amide bonds. The van der Waals surface area contributed by atoms with Crippen molar-refractivity contribution >= 4 is 11.9 Å². The van der Waals surface area contributed by atoms with E-state index in [2.05, 4.69) is 63.1 Å². The average Bonchev–Trinajstić information content (AvgIpc) is 3.18. The van der Waals surface area contributed by atoms with Crippen LogP contribution in [-0.4, -0.2) is 76.3 Å². The molecule has 0 saturated carbocycles. The van der Waals surface area contributed by atoms with Gasteiger partial charge >= 0.3 is 0 Å². The molecular formula is C54H110N2O4. The van der Waals surface area contributed by atoms with Gasteiger partial charge in [0.2, 0.25) is 0 Å². The Balaban J connectivity index is -0.000000812. The van der Waals surface area contributed by atoms with E-state index in [1.807, 2.05) is 0 Å². The van der Waals surface area contributed by atoms with Gasteiger partial charge in [0.15, 0.2) is 0 Å². The first kappa shape index (κ1) is 62.9. The number of unbranched alkanes of at least 4 members (excludes halogenated alkanes) is 34. The first-order valence-electron chi connectivity index (χ1n) is 26.4. The van der Waals surface area contributed by atoms with Crippen molar-refractivity contribution in [2.24, 2.45) is 5.92 Å². The van der Waals surface area contributed by atoms with Gasteiger partial charge in [-0.2, -0.15) is 0 Å². The van der Waals surface area contributed by atoms with Gasteiger partial charge in [-0.3, -0.25) is 0 Å². The summed E-state index contributed by atoms with van der Waals surface area (Å²) in [4.78, 5) is 21.0. The fraction of sp³-hybridized carbons (Fsp3) is 0.926. The zero-order valence-corrected chi connectivity index (χ0v) is 42.5. The van der Waals surface area contributed by atoms with Gasteiger partial charge in [-0.1, -0.05) is 232 Å². The molecule has 360 valence electrons. The lowest BCUT2D eigenvalue weighted by Crippen LogP contribution is -2.35. The maximum absolute atomic E-state index is 10.7. The number of quaternary nitrogens is 2. The minimum Gasteiger partial charge on any atom is -0.550 e. The molecule has 0 bridgehead atoms. The highest BCUT2D eigenvalue weighted by Crippen LogP contribution is 2.15. The van der Waals surface area contributed by atoms with Crippen LogP contribution in [0.4, 0.5) is 0 Å². The Morgan fingerprint density at radius 2 is 0.617 bits per heavy atom. The molecule has 0 saturated heterocycles. The smallest absolute Gasteiger partial charge is 0.0780 e. The third kappa shape index (κ3) is 63.2. The molecular weight excluding hydrogens is 741 g/mol. The number of carboxylic acid groups (broad SMARTS) is 2. The van der Waals surface area contributed by atoms with Crippen LogP contribution >= 0.6 is 0 Å². The maximum atomic E-state index is 10.7. The molecule has 0 aromatic carbocycles. The molecule has 0 aliphatic rings. The molecule has 1 unspecified atom stereocenters. The summed E-state index contributed by atoms with van der Waals surface area (Å²) in [6.45, 7) is 9.45. The predicted octanol–water partition coefficient (Wildman–Crippen LogP) is 13.9. The molecule has 0 spiro atoms. The first-order chi connectivity index (χ1) is 28.7. The lowest BCUT2D eigenvalue weighted by molar-refractivity contribution is -0.870. The van der Waals surface area contributed by atoms with E-state index in [0.29, 0.717) is 0 Å². The summed E-state index contributed by atoms with van der Waals surface area (Å²) < 4.78 is 2.25. The highest BCUT2D eigenvalue weighted by Gasteiger charge is 2.07. The van der Waals surface area contributed by atoms with Gasteiger partial charge < -0.3 is 28.8 Å². The third-order valence-electron chi connectivity index (χ3n) is 11.6. The van der Waals surface area contributed by atoms with Crippen LogP contribution in [0.1, 0.15) is 265 Å². The summed E-state index contributed by atoms with van der Waals surface area (Å²) in [5, 5.41) is 21.0. The van der Waals surface area contributed by atoms with Crippen molar-refractivity contribution in [3.05, 3.63) is 12.2 Å². The number of carbonyl (C=O) groups is 2. The van der Waals surface area contributed by atoms with Gasteiger partial charge in [-0.05, 0) is 44.9 Å². The second-order valence-electron chi connectivity index (χ2n) is 20.4. The van der Waals surface area contributed by atoms with E-state index in [0.717, 1.165) is 28.2 Å². The molecule has 0 aliphatic carbocycles. The number of hydrogen-bond acceptors (Lipinski definition) is 4. The minimum absolute atomic E-state index is 0.518. The summed E-state index contributed by atoms with van der Waals surface area (Å²) in [6, 6.07) is 0. The van der Waals surface area contributed by atoms with Crippen LogP contribution in [0.15, 0.2) is 12.2 Å². The SMILES string of the molecule is CCCCCCCCCCC=CC(CC(=O)[O-])C(=O)[O-].CCCCCCCCCCCCCCCC[N+](C)(C)C.CCCCCCCCCCCCCCCC[N+](C)(C)C. The molecule has 0 rings (SSSR count). The summed E-state index contributed by atoms with van der Waals surface area (Å²) in [5.74, 6) is -3.80. The topological polar surface area (TPSA) is 80.3 Å². The van der Waals surface area contributed by atoms with Crippen molar-refractivity contribution in [1.29, 1.82) is 0 Å². The van der Waals surface area contributed by atoms with E-state index in [1.165, 1.54) is 237 Å². The maximum Gasteiger partial charge on any atom is 0.0780 e. The second-order valence-corrected chi connectivity index (χ2v) is 20.4. The number of rotatable bonds is 43. The van der Waals surface area contributed by atoms with Crippen molar-refractivity contribution in [1.82, 2.24) is 0 Å². The summed E-state index contributed by atoms with van der Waals surface area (Å²) in [5.41, 5.74) is 0. The largest absolute Gasteiger partial charge is 0.550 e. The average molecular weight is 851 g/mol. The molecule has 1 atom stereocenters. The van der Waals surface area contributed by atoms with Gasteiger partial charge in [0, 0.05) is 17.9 Å². The van der Waals surface area contributed by atoms with Crippen molar-refractivity contribution in [3.8, 4) is 0 Å². The Bertz CT molecular complexity index is 849. The van der Waals surface area contributed by atoms with Crippen LogP contribution in [0, 0.1) is 5.92 Å². The molecule has 0 heterocycles. The Hall–Kier alpha value is -1.40. The van der Waals surface area contributed by atoms with Crippen molar-refractivity contribution in [2.75, 3.05) is 55.4 Å². The summed E-state index contributed by atoms with van der Waals surface area (Å²) >= 11 is 0. The lowest BCUT2D eigenvalue weighted by Gasteiger charge is -2.23. The zero-order valence-electron chi connectivity index (χ0n) is 42.5. The Morgan fingerprint density at radius 3 is 0.833 bits per heavy atom. The first-order valence-corrected chi connectivity index (χ1v) is 26.4. The summed E-state index contributed by atoms with van der Waals surface area (Å²) in [7, 11) is 13.8. The number of hydrogen-bond donors (Lipinski definition) is 0. The van der Waals surface area contributed by atoms with Crippen LogP contribution in [0.5, 0.6) is 0 Å². The van der Waals surface area contributed by atoms with E-state index in [-0.39, 0.29) is 0 Å². The standard InChI is InChI=1S/2C19H42N.C16H28O4/c2*1-5-6-7-8-9-10-11-12-13-14-15-16-17-18-19-20(2,3)4;1-2-3-4-5-6-7-8-9-10-11-12-14(16(19)20)13-15(17)18/h2*5-19H2,1-4H3;11-12,14H,2-10,13H2,1H3,(H,17,18)(H,19,20)/q2*+1;/p-2. The van der Waals surface area contributed by atoms with E-state index >= 15 is 0 Å². The highest BCUT2D eigenvalue weighted by atomic mass is 16.4. The molecule has 6 heteroatoms. The Labute approximate surface area is 377 Å². The number of carboxylic acids is 2. The van der Waals surface area contributed by atoms with E-state index in [4.69, 9.17) is 0 Å². The highest BCUT2D eigenvalue weighted by molar-refractivity contribution is 5.77. The normalized spacial score (nSPS) is 12.2. The van der Waals surface area contributed by atoms with E-state index < -0.39 is 24.3 Å². The lowest BCUT2D eigenvalue weighted by atomic mass is 10.0. The Kier molecular flexibility index (Phi) is 51.0. The van der Waals surface area contributed by atoms with Crippen molar-refractivity contribution in [3.63, 3.8) is 0 Å². The van der Waals surface area contributed by atoms with Crippen LogP contribution in [0.25, 0.3) is 0 Å². The molecule has 60 heavy (non-hydrogen) atoms. The van der Waals surface area contributed by atoms with Crippen molar-refractivity contribution in [2.45, 2.75) is 265 Å². The summed E-state index contributed by atoms with van der Waals surface area (Å²) in [6.07, 6.45) is 53.9. The quantitative estimate of drug-likeness (QED) is 0.0348. The minimum atomic E-state index is -1.36. The van der Waals surface area contributed by atoms with Gasteiger partial charge in [0.1, 0.15) is 0 Å². The number of aliphatic carboxylic acids is 2. The monoisotopic (exact) mass is 851 g/mol. The second kappa shape index (κ2) is 48.6.